The van der Waals surface area contributed by atoms with E-state index in [9.17, 15) is 0 Å². The SMILES string of the molecule is C[C@@H](CCN)NCCCCN[C@@H](C)CCN. The zero-order chi connectivity index (χ0) is 12.2. The second-order valence-corrected chi connectivity index (χ2v) is 4.57. The molecule has 0 aromatic heterocycles. The average molecular weight is 230 g/mol. The van der Waals surface area contributed by atoms with Crippen molar-refractivity contribution in [1.82, 2.24) is 10.6 Å². The smallest absolute Gasteiger partial charge is 0.00507 e. The lowest BCUT2D eigenvalue weighted by Gasteiger charge is -2.14. The van der Waals surface area contributed by atoms with E-state index in [0.717, 1.165) is 39.0 Å². The molecule has 2 atom stereocenters. The maximum Gasteiger partial charge on any atom is 0.00507 e. The molecule has 0 aliphatic rings. The molecule has 0 fully saturated rings. The Labute approximate surface area is 101 Å². The second-order valence-electron chi connectivity index (χ2n) is 4.57. The second kappa shape index (κ2) is 11.3. The Hall–Kier alpha value is -0.160. The molecule has 0 aromatic rings. The van der Waals surface area contributed by atoms with Gasteiger partial charge in [-0.3, -0.25) is 0 Å². The summed E-state index contributed by atoms with van der Waals surface area (Å²) < 4.78 is 0. The maximum absolute atomic E-state index is 5.48. The fourth-order valence-corrected chi connectivity index (χ4v) is 1.65. The summed E-state index contributed by atoms with van der Waals surface area (Å²) in [6, 6.07) is 1.10. The van der Waals surface area contributed by atoms with Crippen molar-refractivity contribution in [3.63, 3.8) is 0 Å². The summed E-state index contributed by atoms with van der Waals surface area (Å²) in [6.45, 7) is 8.10. The van der Waals surface area contributed by atoms with Gasteiger partial charge in [0.2, 0.25) is 0 Å². The molecule has 0 bridgehead atoms. The van der Waals surface area contributed by atoms with E-state index < -0.39 is 0 Å². The molecule has 0 aliphatic heterocycles. The molecule has 0 radical (unpaired) electrons. The summed E-state index contributed by atoms with van der Waals surface area (Å²) in [5, 5.41) is 6.94. The van der Waals surface area contributed by atoms with Gasteiger partial charge in [0.15, 0.2) is 0 Å². The van der Waals surface area contributed by atoms with E-state index in [2.05, 4.69) is 24.5 Å². The van der Waals surface area contributed by atoms with Gasteiger partial charge in [-0.1, -0.05) is 0 Å². The number of nitrogens with two attached hydrogens (primary N) is 2. The Balaban J connectivity index is 3.15. The molecular weight excluding hydrogens is 200 g/mol. The summed E-state index contributed by atoms with van der Waals surface area (Å²) in [5.41, 5.74) is 11.0. The van der Waals surface area contributed by atoms with E-state index in [0.29, 0.717) is 12.1 Å². The van der Waals surface area contributed by atoms with Gasteiger partial charge in [0.1, 0.15) is 0 Å². The number of hydrogen-bond acceptors (Lipinski definition) is 4. The van der Waals surface area contributed by atoms with Crippen LogP contribution in [0, 0.1) is 0 Å². The van der Waals surface area contributed by atoms with Gasteiger partial charge in [-0.2, -0.15) is 0 Å². The summed E-state index contributed by atoms with van der Waals surface area (Å²) in [5.74, 6) is 0. The van der Waals surface area contributed by atoms with Crippen LogP contribution in [0.4, 0.5) is 0 Å². The highest BCUT2D eigenvalue weighted by Crippen LogP contribution is 1.92. The van der Waals surface area contributed by atoms with Crippen molar-refractivity contribution < 1.29 is 0 Å². The van der Waals surface area contributed by atoms with Gasteiger partial charge in [0.05, 0.1) is 0 Å². The highest BCUT2D eigenvalue weighted by atomic mass is 14.9. The number of unbranched alkanes of at least 4 members (excludes halogenated alkanes) is 1. The summed E-state index contributed by atoms with van der Waals surface area (Å²) in [4.78, 5) is 0. The van der Waals surface area contributed by atoms with Crippen molar-refractivity contribution in [2.45, 2.75) is 51.6 Å². The summed E-state index contributed by atoms with van der Waals surface area (Å²) in [7, 11) is 0. The van der Waals surface area contributed by atoms with Crippen LogP contribution in [0.15, 0.2) is 0 Å². The first-order valence-electron chi connectivity index (χ1n) is 6.57. The van der Waals surface area contributed by atoms with Crippen LogP contribution in [0.2, 0.25) is 0 Å². The van der Waals surface area contributed by atoms with Crippen LogP contribution in [-0.4, -0.2) is 38.3 Å². The molecule has 0 rings (SSSR count). The Kier molecular flexibility index (Phi) is 11.2. The van der Waals surface area contributed by atoms with Crippen molar-refractivity contribution in [1.29, 1.82) is 0 Å². The maximum atomic E-state index is 5.48. The monoisotopic (exact) mass is 230 g/mol. The van der Waals surface area contributed by atoms with Gasteiger partial charge < -0.3 is 22.1 Å². The standard InChI is InChI=1S/C12H30N4/c1-11(5-7-13)15-9-3-4-10-16-12(2)6-8-14/h11-12,15-16H,3-10,13-14H2,1-2H3/t11-,12-/m0/s1. The van der Waals surface area contributed by atoms with Crippen LogP contribution in [-0.2, 0) is 0 Å². The van der Waals surface area contributed by atoms with Crippen LogP contribution >= 0.6 is 0 Å². The van der Waals surface area contributed by atoms with Crippen molar-refractivity contribution in [2.24, 2.45) is 11.5 Å². The lowest BCUT2D eigenvalue weighted by atomic mass is 10.2. The molecule has 0 unspecified atom stereocenters. The Morgan fingerprint density at radius 3 is 1.50 bits per heavy atom. The molecule has 0 heterocycles. The van der Waals surface area contributed by atoms with E-state index in [1.165, 1.54) is 12.8 Å². The van der Waals surface area contributed by atoms with E-state index in [-0.39, 0.29) is 0 Å². The van der Waals surface area contributed by atoms with Crippen molar-refractivity contribution in [2.75, 3.05) is 26.2 Å². The summed E-state index contributed by atoms with van der Waals surface area (Å²) in [6.07, 6.45) is 4.56. The van der Waals surface area contributed by atoms with Crippen molar-refractivity contribution in [3.05, 3.63) is 0 Å². The first-order valence-corrected chi connectivity index (χ1v) is 6.57. The molecule has 0 spiro atoms. The zero-order valence-corrected chi connectivity index (χ0v) is 11.0. The van der Waals surface area contributed by atoms with Crippen molar-refractivity contribution in [3.8, 4) is 0 Å². The van der Waals surface area contributed by atoms with Gasteiger partial charge >= 0.3 is 0 Å². The average Bonchev–Trinajstić information content (AvgIpc) is 2.24. The third-order valence-corrected chi connectivity index (χ3v) is 2.79. The molecule has 0 aliphatic carbocycles. The highest BCUT2D eigenvalue weighted by molar-refractivity contribution is 4.63. The minimum Gasteiger partial charge on any atom is -0.330 e. The first-order chi connectivity index (χ1) is 7.70. The molecule has 0 saturated heterocycles. The Morgan fingerprint density at radius 1 is 0.812 bits per heavy atom. The topological polar surface area (TPSA) is 76.1 Å². The lowest BCUT2D eigenvalue weighted by Crippen LogP contribution is -2.31. The van der Waals surface area contributed by atoms with Crippen LogP contribution in [0.5, 0.6) is 0 Å². The lowest BCUT2D eigenvalue weighted by molar-refractivity contribution is 0.476. The third-order valence-electron chi connectivity index (χ3n) is 2.79. The van der Waals surface area contributed by atoms with Crippen molar-refractivity contribution >= 4 is 0 Å². The molecule has 16 heavy (non-hydrogen) atoms. The first kappa shape index (κ1) is 15.8. The molecule has 0 aromatic carbocycles. The van der Waals surface area contributed by atoms with Gasteiger partial charge in [0.25, 0.3) is 0 Å². The molecule has 0 amide bonds. The summed E-state index contributed by atoms with van der Waals surface area (Å²) >= 11 is 0. The minimum absolute atomic E-state index is 0.550. The largest absolute Gasteiger partial charge is 0.330 e. The fourth-order valence-electron chi connectivity index (χ4n) is 1.65. The van der Waals surface area contributed by atoms with Gasteiger partial charge in [-0.15, -0.1) is 0 Å². The minimum atomic E-state index is 0.550. The predicted molar refractivity (Wildman–Crippen MR) is 71.5 cm³/mol. The molecule has 0 saturated carbocycles. The number of hydrogen-bond donors (Lipinski definition) is 4. The van der Waals surface area contributed by atoms with Crippen LogP contribution in [0.25, 0.3) is 0 Å². The van der Waals surface area contributed by atoms with Gasteiger partial charge in [0, 0.05) is 12.1 Å². The molecule has 4 heteroatoms. The van der Waals surface area contributed by atoms with Crippen LogP contribution < -0.4 is 22.1 Å². The quantitative estimate of drug-likeness (QED) is 0.388. The van der Waals surface area contributed by atoms with E-state index in [1.807, 2.05) is 0 Å². The van der Waals surface area contributed by atoms with E-state index in [1.54, 1.807) is 0 Å². The Bertz CT molecular complexity index is 125. The number of nitrogens with one attached hydrogen (secondary N) is 2. The van der Waals surface area contributed by atoms with Gasteiger partial charge in [-0.25, -0.2) is 0 Å². The third kappa shape index (κ3) is 10.4. The fraction of sp³-hybridized carbons (Fsp3) is 1.00. The molecule has 98 valence electrons. The highest BCUT2D eigenvalue weighted by Gasteiger charge is 2.00. The molecule has 4 nitrogen and oxygen atoms in total. The zero-order valence-electron chi connectivity index (χ0n) is 11.0. The number of rotatable bonds is 11. The van der Waals surface area contributed by atoms with E-state index >= 15 is 0 Å². The van der Waals surface area contributed by atoms with Gasteiger partial charge in [-0.05, 0) is 65.7 Å². The normalized spacial score (nSPS) is 15.0. The predicted octanol–water partition coefficient (Wildman–Crippen LogP) is 0.420. The molecular formula is C12H30N4. The van der Waals surface area contributed by atoms with E-state index in [4.69, 9.17) is 11.5 Å². The van der Waals surface area contributed by atoms with Crippen LogP contribution in [0.3, 0.4) is 0 Å². The Morgan fingerprint density at radius 2 is 1.19 bits per heavy atom. The molecule has 6 N–H and O–H groups in total. The van der Waals surface area contributed by atoms with Crippen LogP contribution in [0.1, 0.15) is 39.5 Å².